The molecule has 0 spiro atoms. The lowest BCUT2D eigenvalue weighted by molar-refractivity contribution is 0.122. The van der Waals surface area contributed by atoms with E-state index in [4.69, 9.17) is 9.47 Å². The van der Waals surface area contributed by atoms with Crippen LogP contribution in [0.3, 0.4) is 0 Å². The van der Waals surface area contributed by atoms with Crippen LogP contribution >= 0.6 is 0 Å². The normalized spacial score (nSPS) is 22.6. The molecule has 2 aliphatic rings. The van der Waals surface area contributed by atoms with Gasteiger partial charge in [0, 0.05) is 54.7 Å². The van der Waals surface area contributed by atoms with E-state index in [1.54, 1.807) is 12.4 Å². The molecular weight excluding hydrogens is 402 g/mol. The summed E-state index contributed by atoms with van der Waals surface area (Å²) in [7, 11) is 0. The number of nitrogens with one attached hydrogen (secondary N) is 1. The van der Waals surface area contributed by atoms with Gasteiger partial charge in [-0.2, -0.15) is 0 Å². The maximum absolute atomic E-state index is 6.52. The van der Waals surface area contributed by atoms with E-state index in [0.29, 0.717) is 6.04 Å². The fourth-order valence-corrected chi connectivity index (χ4v) is 4.34. The summed E-state index contributed by atoms with van der Waals surface area (Å²) in [6, 6.07) is 4.67. The lowest BCUT2D eigenvalue weighted by Crippen LogP contribution is -2.36. The molecule has 1 aliphatic heterocycles. The minimum absolute atomic E-state index is 0.180. The molecule has 7 nitrogen and oxygen atoms in total. The Kier molecular flexibility index (Phi) is 7.37. The standard InChI is InChI=1S/C25H33N5O2/c1-4-19(15-18(2)26-3)29-20-5-7-22(8-6-20)32-24-17-21(30-11-13-31-14-12-30)16-23-25(24)28-10-9-27-23/h4,9-10,15-17,20,22,29H,3,5-8,11-14H2,1-2H3/b18-15-,19-4+. The third-order valence-electron chi connectivity index (χ3n) is 6.16. The predicted molar refractivity (Wildman–Crippen MR) is 129 cm³/mol. The lowest BCUT2D eigenvalue weighted by atomic mass is 9.92. The Morgan fingerprint density at radius 3 is 2.66 bits per heavy atom. The monoisotopic (exact) mass is 435 g/mol. The van der Waals surface area contributed by atoms with E-state index < -0.39 is 0 Å². The number of hydrogen-bond donors (Lipinski definition) is 1. The minimum Gasteiger partial charge on any atom is -0.488 e. The van der Waals surface area contributed by atoms with Crippen LogP contribution in [0, 0.1) is 0 Å². The van der Waals surface area contributed by atoms with Gasteiger partial charge in [0.2, 0.25) is 0 Å². The molecule has 0 radical (unpaired) electrons. The maximum atomic E-state index is 6.52. The second kappa shape index (κ2) is 10.6. The summed E-state index contributed by atoms with van der Waals surface area (Å²) >= 11 is 0. The van der Waals surface area contributed by atoms with Crippen LogP contribution in [-0.4, -0.2) is 55.1 Å². The quantitative estimate of drug-likeness (QED) is 0.518. The zero-order valence-electron chi connectivity index (χ0n) is 19.1. The second-order valence-electron chi connectivity index (χ2n) is 8.39. The fraction of sp³-hybridized carbons (Fsp3) is 0.480. The number of morpholine rings is 1. The van der Waals surface area contributed by atoms with Gasteiger partial charge in [0.1, 0.15) is 11.3 Å². The minimum atomic E-state index is 0.180. The van der Waals surface area contributed by atoms with Gasteiger partial charge in [-0.3, -0.25) is 9.98 Å². The first kappa shape index (κ1) is 22.3. The molecular formula is C25H33N5O2. The van der Waals surface area contributed by atoms with E-state index in [9.17, 15) is 0 Å². The Morgan fingerprint density at radius 1 is 1.19 bits per heavy atom. The van der Waals surface area contributed by atoms with Crippen molar-refractivity contribution in [3.05, 3.63) is 48.1 Å². The number of aromatic nitrogens is 2. The highest BCUT2D eigenvalue weighted by Crippen LogP contribution is 2.33. The number of benzene rings is 1. The SMILES string of the molecule is C=N/C(C)=C\C(=C/C)NC1CCC(Oc2cc(N3CCOCC3)cc3nccnc23)CC1. The zero-order valence-corrected chi connectivity index (χ0v) is 19.1. The van der Waals surface area contributed by atoms with Crippen molar-refractivity contribution >= 4 is 23.4 Å². The van der Waals surface area contributed by atoms with Gasteiger partial charge in [0.25, 0.3) is 0 Å². The van der Waals surface area contributed by atoms with Crippen LogP contribution in [0.4, 0.5) is 5.69 Å². The third-order valence-corrected chi connectivity index (χ3v) is 6.16. The second-order valence-corrected chi connectivity index (χ2v) is 8.39. The van der Waals surface area contributed by atoms with E-state index in [-0.39, 0.29) is 6.10 Å². The number of allylic oxidation sites excluding steroid dienone is 3. The van der Waals surface area contributed by atoms with Gasteiger partial charge in [-0.05, 0) is 58.4 Å². The van der Waals surface area contributed by atoms with E-state index in [0.717, 1.165) is 85.9 Å². The first-order valence-electron chi connectivity index (χ1n) is 11.5. The van der Waals surface area contributed by atoms with E-state index in [1.165, 1.54) is 0 Å². The lowest BCUT2D eigenvalue weighted by Gasteiger charge is -2.32. The average molecular weight is 436 g/mol. The summed E-state index contributed by atoms with van der Waals surface area (Å²) in [4.78, 5) is 15.4. The molecule has 2 heterocycles. The summed E-state index contributed by atoms with van der Waals surface area (Å²) in [6.07, 6.45) is 11.9. The first-order valence-corrected chi connectivity index (χ1v) is 11.5. The number of hydrogen-bond acceptors (Lipinski definition) is 7. The third kappa shape index (κ3) is 5.46. The van der Waals surface area contributed by atoms with Crippen molar-refractivity contribution in [2.45, 2.75) is 51.7 Å². The molecule has 0 atom stereocenters. The average Bonchev–Trinajstić information content (AvgIpc) is 2.85. The molecule has 1 N–H and O–H groups in total. The molecule has 0 amide bonds. The van der Waals surface area contributed by atoms with Crippen LogP contribution in [0.5, 0.6) is 5.75 Å². The topological polar surface area (TPSA) is 71.9 Å². The molecule has 4 rings (SSSR count). The Bertz CT molecular complexity index is 989. The highest BCUT2D eigenvalue weighted by molar-refractivity contribution is 5.85. The molecule has 0 unspecified atom stereocenters. The molecule has 0 bridgehead atoms. The zero-order chi connectivity index (χ0) is 22.3. The van der Waals surface area contributed by atoms with Gasteiger partial charge in [-0.15, -0.1) is 0 Å². The van der Waals surface area contributed by atoms with Crippen LogP contribution in [0.1, 0.15) is 39.5 Å². The highest BCUT2D eigenvalue weighted by atomic mass is 16.5. The van der Waals surface area contributed by atoms with Crippen molar-refractivity contribution in [2.24, 2.45) is 4.99 Å². The van der Waals surface area contributed by atoms with E-state index >= 15 is 0 Å². The Balaban J connectivity index is 1.43. The summed E-state index contributed by atoms with van der Waals surface area (Å²) in [5.74, 6) is 0.832. The highest BCUT2D eigenvalue weighted by Gasteiger charge is 2.24. The number of aliphatic imine (C=N–C) groups is 1. The molecule has 1 aromatic carbocycles. The van der Waals surface area contributed by atoms with Crippen molar-refractivity contribution in [2.75, 3.05) is 31.2 Å². The summed E-state index contributed by atoms with van der Waals surface area (Å²) in [5.41, 5.74) is 4.84. The molecule has 7 heteroatoms. The van der Waals surface area contributed by atoms with Crippen molar-refractivity contribution in [3.63, 3.8) is 0 Å². The van der Waals surface area contributed by atoms with Crippen LogP contribution in [-0.2, 0) is 4.74 Å². The number of ether oxygens (including phenoxy) is 2. The smallest absolute Gasteiger partial charge is 0.149 e. The molecule has 1 saturated carbocycles. The predicted octanol–water partition coefficient (Wildman–Crippen LogP) is 4.25. The summed E-state index contributed by atoms with van der Waals surface area (Å²) < 4.78 is 12.0. The van der Waals surface area contributed by atoms with Gasteiger partial charge in [-0.1, -0.05) is 6.08 Å². The molecule has 1 aromatic heterocycles. The van der Waals surface area contributed by atoms with Gasteiger partial charge in [-0.25, -0.2) is 4.98 Å². The van der Waals surface area contributed by atoms with Crippen LogP contribution in [0.25, 0.3) is 11.0 Å². The van der Waals surface area contributed by atoms with Crippen LogP contribution < -0.4 is 15.0 Å². The van der Waals surface area contributed by atoms with Crippen molar-refractivity contribution in [1.29, 1.82) is 0 Å². The summed E-state index contributed by atoms with van der Waals surface area (Å²) in [5, 5.41) is 3.64. The van der Waals surface area contributed by atoms with Crippen LogP contribution in [0.2, 0.25) is 0 Å². The Morgan fingerprint density at radius 2 is 1.94 bits per heavy atom. The number of fused-ring (bicyclic) bond motifs is 1. The Hall–Kier alpha value is -2.93. The number of rotatable bonds is 7. The van der Waals surface area contributed by atoms with Crippen LogP contribution in [0.15, 0.2) is 53.1 Å². The van der Waals surface area contributed by atoms with E-state index in [2.05, 4.69) is 50.1 Å². The van der Waals surface area contributed by atoms with Crippen molar-refractivity contribution in [1.82, 2.24) is 15.3 Å². The number of nitrogens with zero attached hydrogens (tertiary/aromatic N) is 4. The van der Waals surface area contributed by atoms with Gasteiger partial charge < -0.3 is 19.7 Å². The maximum Gasteiger partial charge on any atom is 0.149 e. The summed E-state index contributed by atoms with van der Waals surface area (Å²) in [6.45, 7) is 10.8. The Labute approximate surface area is 190 Å². The molecule has 2 fully saturated rings. The largest absolute Gasteiger partial charge is 0.488 e. The molecule has 2 aromatic rings. The van der Waals surface area contributed by atoms with Gasteiger partial charge >= 0.3 is 0 Å². The van der Waals surface area contributed by atoms with E-state index in [1.807, 2.05) is 19.9 Å². The van der Waals surface area contributed by atoms with Gasteiger partial charge in [0.05, 0.1) is 24.8 Å². The number of anilines is 1. The van der Waals surface area contributed by atoms with Crippen molar-refractivity contribution in [3.8, 4) is 5.75 Å². The van der Waals surface area contributed by atoms with Crippen molar-refractivity contribution < 1.29 is 9.47 Å². The molecule has 170 valence electrons. The molecule has 1 saturated heterocycles. The fourth-order valence-electron chi connectivity index (χ4n) is 4.34. The first-order chi connectivity index (χ1) is 15.7. The van der Waals surface area contributed by atoms with Gasteiger partial charge in [0.15, 0.2) is 0 Å². The molecule has 1 aliphatic carbocycles. The molecule has 32 heavy (non-hydrogen) atoms.